The SMILES string of the molecule is Cc1c(Cl)c([N+](=O)[O-])nn1CCCC(=O)N[C@@H](C)c1ccccc1. The topological polar surface area (TPSA) is 90.1 Å². The van der Waals surface area contributed by atoms with Crippen molar-refractivity contribution in [2.24, 2.45) is 0 Å². The normalized spacial score (nSPS) is 12.0. The number of rotatable bonds is 7. The van der Waals surface area contributed by atoms with Crippen LogP contribution in [0, 0.1) is 17.0 Å². The Morgan fingerprint density at radius 2 is 2.08 bits per heavy atom. The Morgan fingerprint density at radius 3 is 2.67 bits per heavy atom. The summed E-state index contributed by atoms with van der Waals surface area (Å²) in [5.74, 6) is -0.423. The van der Waals surface area contributed by atoms with E-state index in [2.05, 4.69) is 10.4 Å². The van der Waals surface area contributed by atoms with Crippen LogP contribution >= 0.6 is 11.6 Å². The van der Waals surface area contributed by atoms with Crippen molar-refractivity contribution in [3.63, 3.8) is 0 Å². The molecule has 1 atom stereocenters. The maximum atomic E-state index is 12.0. The second-order valence-electron chi connectivity index (χ2n) is 5.51. The number of nitrogens with one attached hydrogen (secondary N) is 1. The molecule has 0 fully saturated rings. The molecule has 1 aromatic heterocycles. The molecule has 0 aliphatic carbocycles. The third-order valence-corrected chi connectivity index (χ3v) is 4.18. The number of carbonyl (C=O) groups is 1. The third-order valence-electron chi connectivity index (χ3n) is 3.74. The zero-order valence-corrected chi connectivity index (χ0v) is 14.3. The Balaban J connectivity index is 1.85. The lowest BCUT2D eigenvalue weighted by Gasteiger charge is -2.14. The highest BCUT2D eigenvalue weighted by Crippen LogP contribution is 2.26. The molecule has 2 rings (SSSR count). The molecule has 0 saturated heterocycles. The van der Waals surface area contributed by atoms with Gasteiger partial charge in [0.05, 0.1) is 23.4 Å². The first-order chi connectivity index (χ1) is 11.4. The Kier molecular flexibility index (Phi) is 5.92. The zero-order valence-electron chi connectivity index (χ0n) is 13.5. The van der Waals surface area contributed by atoms with Crippen LogP contribution in [0.5, 0.6) is 0 Å². The zero-order chi connectivity index (χ0) is 17.7. The monoisotopic (exact) mass is 350 g/mol. The molecular formula is C16H19ClN4O3. The second kappa shape index (κ2) is 7.92. The molecule has 2 aromatic rings. The fraction of sp³-hybridized carbons (Fsp3) is 0.375. The van der Waals surface area contributed by atoms with E-state index in [0.717, 1.165) is 5.56 Å². The lowest BCUT2D eigenvalue weighted by atomic mass is 10.1. The second-order valence-corrected chi connectivity index (χ2v) is 5.88. The van der Waals surface area contributed by atoms with Gasteiger partial charge in [-0.25, -0.2) is 0 Å². The van der Waals surface area contributed by atoms with Crippen LogP contribution in [0.1, 0.15) is 37.1 Å². The quantitative estimate of drug-likeness (QED) is 0.612. The van der Waals surface area contributed by atoms with Crippen molar-refractivity contribution in [1.82, 2.24) is 15.1 Å². The summed E-state index contributed by atoms with van der Waals surface area (Å²) in [5.41, 5.74) is 1.57. The van der Waals surface area contributed by atoms with Gasteiger partial charge in [0.1, 0.15) is 0 Å². The van der Waals surface area contributed by atoms with Crippen molar-refractivity contribution in [1.29, 1.82) is 0 Å². The van der Waals surface area contributed by atoms with E-state index in [1.165, 1.54) is 4.68 Å². The Morgan fingerprint density at radius 1 is 1.42 bits per heavy atom. The molecule has 0 spiro atoms. The summed E-state index contributed by atoms with van der Waals surface area (Å²) in [7, 11) is 0. The molecule has 1 amide bonds. The van der Waals surface area contributed by atoms with Gasteiger partial charge in [0.15, 0.2) is 5.02 Å². The number of benzene rings is 1. The Hall–Kier alpha value is -2.41. The predicted molar refractivity (Wildman–Crippen MR) is 90.9 cm³/mol. The van der Waals surface area contributed by atoms with E-state index < -0.39 is 4.92 Å². The van der Waals surface area contributed by atoms with E-state index in [1.807, 2.05) is 37.3 Å². The highest BCUT2D eigenvalue weighted by Gasteiger charge is 2.23. The van der Waals surface area contributed by atoms with Crippen molar-refractivity contribution < 1.29 is 9.72 Å². The number of carbonyl (C=O) groups excluding carboxylic acids is 1. The minimum Gasteiger partial charge on any atom is -0.358 e. The summed E-state index contributed by atoms with van der Waals surface area (Å²) < 4.78 is 1.47. The molecular weight excluding hydrogens is 332 g/mol. The smallest absolute Gasteiger partial charge is 0.358 e. The van der Waals surface area contributed by atoms with Crippen molar-refractivity contribution in [3.8, 4) is 0 Å². The Labute approximate surface area is 144 Å². The lowest BCUT2D eigenvalue weighted by Crippen LogP contribution is -2.26. The molecule has 8 heteroatoms. The van der Waals surface area contributed by atoms with Crippen LogP contribution in [-0.4, -0.2) is 20.6 Å². The first kappa shape index (κ1) is 17.9. The fourth-order valence-corrected chi connectivity index (χ4v) is 2.58. The average Bonchev–Trinajstić information content (AvgIpc) is 2.84. The number of nitro groups is 1. The van der Waals surface area contributed by atoms with Crippen molar-refractivity contribution >= 4 is 23.3 Å². The van der Waals surface area contributed by atoms with E-state index in [1.54, 1.807) is 6.92 Å². The van der Waals surface area contributed by atoms with Crippen molar-refractivity contribution in [2.45, 2.75) is 39.3 Å². The number of amides is 1. The summed E-state index contributed by atoms with van der Waals surface area (Å²) in [6, 6.07) is 9.62. The molecule has 24 heavy (non-hydrogen) atoms. The Bertz CT molecular complexity index is 730. The number of hydrogen-bond donors (Lipinski definition) is 1. The number of aromatic nitrogens is 2. The van der Waals surface area contributed by atoms with Crippen molar-refractivity contribution in [3.05, 3.63) is 56.7 Å². The molecule has 0 aliphatic rings. The van der Waals surface area contributed by atoms with E-state index in [-0.39, 0.29) is 22.8 Å². The number of aryl methyl sites for hydroxylation is 1. The third kappa shape index (κ3) is 4.32. The first-order valence-corrected chi connectivity index (χ1v) is 7.99. The average molecular weight is 351 g/mol. The van der Waals surface area contributed by atoms with Gasteiger partial charge in [-0.3, -0.25) is 4.79 Å². The largest absolute Gasteiger partial charge is 0.408 e. The number of hydrogen-bond acceptors (Lipinski definition) is 4. The van der Waals surface area contributed by atoms with Gasteiger partial charge in [0.25, 0.3) is 0 Å². The molecule has 0 bridgehead atoms. The van der Waals surface area contributed by atoms with E-state index in [4.69, 9.17) is 11.6 Å². The van der Waals surface area contributed by atoms with Crippen molar-refractivity contribution in [2.75, 3.05) is 0 Å². The van der Waals surface area contributed by atoms with Gasteiger partial charge in [0, 0.05) is 6.42 Å². The standard InChI is InChI=1S/C16H19ClN4O3/c1-11(13-7-4-3-5-8-13)18-14(22)9-6-10-20-12(2)15(17)16(19-20)21(23)24/h3-5,7-8,11H,6,9-10H2,1-2H3,(H,18,22)/t11-/m0/s1. The molecule has 1 aromatic carbocycles. The van der Waals surface area contributed by atoms with Crippen LogP contribution in [0.3, 0.4) is 0 Å². The van der Waals surface area contributed by atoms with E-state index in [0.29, 0.717) is 25.1 Å². The van der Waals surface area contributed by atoms with Crippen LogP contribution in [0.2, 0.25) is 5.02 Å². The van der Waals surface area contributed by atoms with Gasteiger partial charge in [-0.1, -0.05) is 41.9 Å². The molecule has 0 saturated carbocycles. The van der Waals surface area contributed by atoms with Gasteiger partial charge >= 0.3 is 5.82 Å². The highest BCUT2D eigenvalue weighted by atomic mass is 35.5. The molecule has 0 radical (unpaired) electrons. The summed E-state index contributed by atoms with van der Waals surface area (Å²) in [6.07, 6.45) is 0.825. The highest BCUT2D eigenvalue weighted by molar-refractivity contribution is 6.33. The van der Waals surface area contributed by atoms with Crippen LogP contribution in [0.4, 0.5) is 5.82 Å². The van der Waals surface area contributed by atoms with Crippen LogP contribution < -0.4 is 5.32 Å². The van der Waals surface area contributed by atoms with Gasteiger partial charge < -0.3 is 15.4 Å². The molecule has 7 nitrogen and oxygen atoms in total. The summed E-state index contributed by atoms with van der Waals surface area (Å²) in [4.78, 5) is 22.2. The first-order valence-electron chi connectivity index (χ1n) is 7.61. The summed E-state index contributed by atoms with van der Waals surface area (Å²) in [6.45, 7) is 3.99. The maximum absolute atomic E-state index is 12.0. The number of halogens is 1. The van der Waals surface area contributed by atoms with Gasteiger partial charge in [-0.15, -0.1) is 0 Å². The molecule has 0 unspecified atom stereocenters. The van der Waals surface area contributed by atoms with E-state index >= 15 is 0 Å². The van der Waals surface area contributed by atoms with E-state index in [9.17, 15) is 14.9 Å². The molecule has 1 heterocycles. The van der Waals surface area contributed by atoms with Gasteiger partial charge in [-0.05, 0) is 30.8 Å². The van der Waals surface area contributed by atoms with Crippen LogP contribution in [0.25, 0.3) is 0 Å². The minimum atomic E-state index is -0.611. The van der Waals surface area contributed by atoms with Crippen LogP contribution in [-0.2, 0) is 11.3 Å². The number of nitrogens with zero attached hydrogens (tertiary/aromatic N) is 3. The fourth-order valence-electron chi connectivity index (χ4n) is 2.37. The maximum Gasteiger partial charge on any atom is 0.408 e. The molecule has 128 valence electrons. The van der Waals surface area contributed by atoms with Gasteiger partial charge in [0.2, 0.25) is 5.91 Å². The lowest BCUT2D eigenvalue weighted by molar-refractivity contribution is -0.389. The van der Waals surface area contributed by atoms with Crippen LogP contribution in [0.15, 0.2) is 30.3 Å². The summed E-state index contributed by atoms with van der Waals surface area (Å²) >= 11 is 5.88. The predicted octanol–water partition coefficient (Wildman–Crippen LogP) is 3.41. The van der Waals surface area contributed by atoms with Gasteiger partial charge in [-0.2, -0.15) is 4.68 Å². The molecule has 0 aliphatic heterocycles. The summed E-state index contributed by atoms with van der Waals surface area (Å²) in [5, 5.41) is 17.6. The minimum absolute atomic E-state index is 0.0437. The molecule has 1 N–H and O–H groups in total.